The predicted molar refractivity (Wildman–Crippen MR) is 66.4 cm³/mol. The van der Waals surface area contributed by atoms with Crippen molar-refractivity contribution in [2.24, 2.45) is 0 Å². The molecule has 0 bridgehead atoms. The van der Waals surface area contributed by atoms with Crippen LogP contribution >= 0.6 is 15.9 Å². The monoisotopic (exact) mass is 266 g/mol. The first-order valence-corrected chi connectivity index (χ1v) is 6.33. The lowest BCUT2D eigenvalue weighted by molar-refractivity contribution is 0.429. The van der Waals surface area contributed by atoms with Gasteiger partial charge in [0, 0.05) is 29.6 Å². The van der Waals surface area contributed by atoms with Crippen LogP contribution in [-0.2, 0) is 6.42 Å². The van der Waals surface area contributed by atoms with Gasteiger partial charge in [0.2, 0.25) is 0 Å². The van der Waals surface area contributed by atoms with Gasteiger partial charge < -0.3 is 10.2 Å². The molecule has 0 saturated carbocycles. The molecule has 15 heavy (non-hydrogen) atoms. The first-order valence-electron chi connectivity index (χ1n) is 5.54. The molecule has 2 atom stereocenters. The van der Waals surface area contributed by atoms with Crippen molar-refractivity contribution in [3.05, 3.63) is 28.2 Å². The van der Waals surface area contributed by atoms with E-state index >= 15 is 0 Å². The molecule has 1 N–H and O–H groups in total. The van der Waals surface area contributed by atoms with Gasteiger partial charge in [0.25, 0.3) is 0 Å². The summed E-state index contributed by atoms with van der Waals surface area (Å²) in [6.07, 6.45) is 1.19. The fourth-order valence-electron chi connectivity index (χ4n) is 2.86. The van der Waals surface area contributed by atoms with Crippen molar-refractivity contribution in [3.63, 3.8) is 0 Å². The summed E-state index contributed by atoms with van der Waals surface area (Å²) in [7, 11) is 0. The number of fused-ring (bicyclic) bond motifs is 3. The molecular formula is C12H15BrN2. The van der Waals surface area contributed by atoms with Crippen LogP contribution in [0.1, 0.15) is 12.5 Å². The van der Waals surface area contributed by atoms with Crippen molar-refractivity contribution >= 4 is 21.6 Å². The van der Waals surface area contributed by atoms with Crippen LogP contribution in [0.4, 0.5) is 5.69 Å². The van der Waals surface area contributed by atoms with E-state index in [-0.39, 0.29) is 0 Å². The van der Waals surface area contributed by atoms with Crippen molar-refractivity contribution in [1.82, 2.24) is 5.32 Å². The Morgan fingerprint density at radius 1 is 1.40 bits per heavy atom. The molecule has 0 aromatic heterocycles. The number of hydrogen-bond acceptors (Lipinski definition) is 2. The molecule has 1 aromatic rings. The van der Waals surface area contributed by atoms with Crippen molar-refractivity contribution < 1.29 is 0 Å². The van der Waals surface area contributed by atoms with Crippen LogP contribution in [-0.4, -0.2) is 25.2 Å². The molecule has 2 heterocycles. The number of benzene rings is 1. The minimum atomic E-state index is 0.601. The Hall–Kier alpha value is -0.540. The van der Waals surface area contributed by atoms with Gasteiger partial charge >= 0.3 is 0 Å². The largest absolute Gasteiger partial charge is 0.362 e. The highest BCUT2D eigenvalue weighted by Gasteiger charge is 2.35. The highest BCUT2D eigenvalue weighted by Crippen LogP contribution is 2.40. The second kappa shape index (κ2) is 3.49. The number of para-hydroxylation sites is 1. The van der Waals surface area contributed by atoms with Gasteiger partial charge in [-0.15, -0.1) is 0 Å². The summed E-state index contributed by atoms with van der Waals surface area (Å²) < 4.78 is 1.25. The van der Waals surface area contributed by atoms with E-state index in [2.05, 4.69) is 51.3 Å². The van der Waals surface area contributed by atoms with E-state index in [9.17, 15) is 0 Å². The zero-order valence-electron chi connectivity index (χ0n) is 8.83. The van der Waals surface area contributed by atoms with Crippen LogP contribution in [0, 0.1) is 0 Å². The third-order valence-corrected chi connectivity index (χ3v) is 4.11. The summed E-state index contributed by atoms with van der Waals surface area (Å²) in [4.78, 5) is 2.58. The zero-order valence-corrected chi connectivity index (χ0v) is 10.4. The average Bonchev–Trinajstić information content (AvgIpc) is 2.58. The number of halogens is 1. The quantitative estimate of drug-likeness (QED) is 0.775. The Kier molecular flexibility index (Phi) is 2.25. The SMILES string of the molecule is C[C@@H]1CNC[C@@H]2Cc3cccc(Br)c3N21. The van der Waals surface area contributed by atoms with Gasteiger partial charge in [-0.25, -0.2) is 0 Å². The maximum atomic E-state index is 3.67. The lowest BCUT2D eigenvalue weighted by Gasteiger charge is -2.38. The molecule has 2 aliphatic rings. The molecule has 1 aromatic carbocycles. The second-order valence-corrected chi connectivity index (χ2v) is 5.37. The molecule has 2 nitrogen and oxygen atoms in total. The summed E-state index contributed by atoms with van der Waals surface area (Å²) in [5.41, 5.74) is 2.92. The number of anilines is 1. The van der Waals surface area contributed by atoms with Gasteiger partial charge in [-0.3, -0.25) is 0 Å². The Bertz CT molecular complexity index is 391. The van der Waals surface area contributed by atoms with Crippen LogP contribution < -0.4 is 10.2 Å². The average molecular weight is 267 g/mol. The highest BCUT2D eigenvalue weighted by molar-refractivity contribution is 9.10. The van der Waals surface area contributed by atoms with E-state index in [1.807, 2.05) is 0 Å². The normalized spacial score (nSPS) is 28.8. The molecule has 0 radical (unpaired) electrons. The number of nitrogens with one attached hydrogen (secondary N) is 1. The molecule has 1 fully saturated rings. The Morgan fingerprint density at radius 2 is 2.27 bits per heavy atom. The van der Waals surface area contributed by atoms with Gasteiger partial charge in [-0.05, 0) is 40.9 Å². The van der Waals surface area contributed by atoms with E-state index in [0.717, 1.165) is 13.1 Å². The van der Waals surface area contributed by atoms with Gasteiger partial charge in [-0.1, -0.05) is 12.1 Å². The lowest BCUT2D eigenvalue weighted by atomic mass is 10.1. The van der Waals surface area contributed by atoms with E-state index in [1.165, 1.54) is 22.1 Å². The Labute approximate surface area is 98.8 Å². The van der Waals surface area contributed by atoms with Crippen LogP contribution in [0.5, 0.6) is 0 Å². The van der Waals surface area contributed by atoms with Crippen molar-refractivity contribution in [3.8, 4) is 0 Å². The first-order chi connectivity index (χ1) is 7.27. The van der Waals surface area contributed by atoms with Crippen LogP contribution in [0.3, 0.4) is 0 Å². The molecule has 3 rings (SSSR count). The number of piperazine rings is 1. The molecule has 2 aliphatic heterocycles. The standard InChI is InChI=1S/C12H15BrN2/c1-8-6-14-7-10-5-9-3-2-4-11(13)12(9)15(8)10/h2-4,8,10,14H,5-7H2,1H3/t8-,10+/m1/s1. The van der Waals surface area contributed by atoms with Gasteiger partial charge in [0.05, 0.1) is 5.69 Å². The third-order valence-electron chi connectivity index (χ3n) is 3.47. The van der Waals surface area contributed by atoms with Crippen LogP contribution in [0.25, 0.3) is 0 Å². The van der Waals surface area contributed by atoms with Gasteiger partial charge in [0.1, 0.15) is 0 Å². The Morgan fingerprint density at radius 3 is 3.13 bits per heavy atom. The van der Waals surface area contributed by atoms with Gasteiger partial charge in [0.15, 0.2) is 0 Å². The molecule has 0 unspecified atom stereocenters. The van der Waals surface area contributed by atoms with Crippen molar-refractivity contribution in [2.45, 2.75) is 25.4 Å². The first kappa shape index (κ1) is 9.67. The Balaban J connectivity index is 2.08. The third kappa shape index (κ3) is 1.41. The molecule has 80 valence electrons. The molecule has 0 amide bonds. The summed E-state index contributed by atoms with van der Waals surface area (Å²) in [6.45, 7) is 4.51. The van der Waals surface area contributed by atoms with Gasteiger partial charge in [-0.2, -0.15) is 0 Å². The molecule has 0 spiro atoms. The van der Waals surface area contributed by atoms with Crippen LogP contribution in [0.15, 0.2) is 22.7 Å². The summed E-state index contributed by atoms with van der Waals surface area (Å²) in [5, 5.41) is 3.50. The van der Waals surface area contributed by atoms with Crippen LogP contribution in [0.2, 0.25) is 0 Å². The minimum absolute atomic E-state index is 0.601. The zero-order chi connectivity index (χ0) is 10.4. The minimum Gasteiger partial charge on any atom is -0.362 e. The summed E-state index contributed by atoms with van der Waals surface area (Å²) in [5.74, 6) is 0. The number of hydrogen-bond donors (Lipinski definition) is 1. The summed E-state index contributed by atoms with van der Waals surface area (Å²) in [6, 6.07) is 7.80. The number of nitrogens with zero attached hydrogens (tertiary/aromatic N) is 1. The maximum absolute atomic E-state index is 3.67. The van der Waals surface area contributed by atoms with Crippen molar-refractivity contribution in [2.75, 3.05) is 18.0 Å². The maximum Gasteiger partial charge on any atom is 0.0549 e. The number of rotatable bonds is 0. The predicted octanol–water partition coefficient (Wildman–Crippen LogP) is 2.17. The molecule has 0 aliphatic carbocycles. The smallest absolute Gasteiger partial charge is 0.0549 e. The fraction of sp³-hybridized carbons (Fsp3) is 0.500. The van der Waals surface area contributed by atoms with E-state index < -0.39 is 0 Å². The van der Waals surface area contributed by atoms with E-state index in [0.29, 0.717) is 12.1 Å². The highest BCUT2D eigenvalue weighted by atomic mass is 79.9. The fourth-order valence-corrected chi connectivity index (χ4v) is 3.47. The topological polar surface area (TPSA) is 15.3 Å². The van der Waals surface area contributed by atoms with E-state index in [4.69, 9.17) is 0 Å². The van der Waals surface area contributed by atoms with E-state index in [1.54, 1.807) is 0 Å². The lowest BCUT2D eigenvalue weighted by Crippen LogP contribution is -2.54. The molecule has 1 saturated heterocycles. The molecular weight excluding hydrogens is 252 g/mol. The summed E-state index contributed by atoms with van der Waals surface area (Å²) >= 11 is 3.67. The second-order valence-electron chi connectivity index (χ2n) is 4.52. The van der Waals surface area contributed by atoms with Crippen molar-refractivity contribution in [1.29, 1.82) is 0 Å². The molecule has 3 heteroatoms.